The first-order chi connectivity index (χ1) is 12.3. The first kappa shape index (κ1) is 16.0. The number of nitrogens with zero attached hydrogens (tertiary/aromatic N) is 3. The summed E-state index contributed by atoms with van der Waals surface area (Å²) in [5, 5.41) is 0. The number of Topliss-reactive ketones (excluding diaryl/α,β-unsaturated/α-hetero) is 1. The van der Waals surface area contributed by atoms with Gasteiger partial charge < -0.3 is 14.4 Å². The lowest BCUT2D eigenvalue weighted by Crippen LogP contribution is -2.24. The molecule has 3 heterocycles. The third-order valence-corrected chi connectivity index (χ3v) is 4.84. The molecule has 2 aliphatic rings. The van der Waals surface area contributed by atoms with E-state index in [1.54, 1.807) is 12.4 Å². The number of carbonyl (C=O) groups excluding carboxylic acids is 1. The fourth-order valence-corrected chi connectivity index (χ4v) is 3.45. The highest BCUT2D eigenvalue weighted by atomic mass is 16.6. The maximum Gasteiger partial charge on any atom is 0.164 e. The summed E-state index contributed by atoms with van der Waals surface area (Å²) in [5.74, 6) is 1.99. The molecule has 0 amide bonds. The van der Waals surface area contributed by atoms with Crippen molar-refractivity contribution in [1.82, 2.24) is 14.9 Å². The molecule has 2 aromatic rings. The van der Waals surface area contributed by atoms with Gasteiger partial charge in [-0.15, -0.1) is 0 Å². The molecule has 2 aliphatic heterocycles. The Balaban J connectivity index is 1.32. The number of aromatic nitrogens is 2. The molecular formula is C19H21N3O3. The van der Waals surface area contributed by atoms with E-state index in [2.05, 4.69) is 14.9 Å². The molecule has 0 bridgehead atoms. The SMILES string of the molecule is O=C(CCN1CCC(c2cncnc2)C1)c1ccc2c(c1)OCCO2. The molecule has 6 heteroatoms. The van der Waals surface area contributed by atoms with Gasteiger partial charge in [0.25, 0.3) is 0 Å². The first-order valence-electron chi connectivity index (χ1n) is 8.70. The minimum Gasteiger partial charge on any atom is -0.486 e. The van der Waals surface area contributed by atoms with Crippen LogP contribution < -0.4 is 9.47 Å². The summed E-state index contributed by atoms with van der Waals surface area (Å²) in [6, 6.07) is 5.44. The zero-order valence-corrected chi connectivity index (χ0v) is 14.1. The molecule has 1 unspecified atom stereocenters. The molecule has 1 aromatic carbocycles. The highest BCUT2D eigenvalue weighted by Crippen LogP contribution is 2.31. The van der Waals surface area contributed by atoms with E-state index in [0.717, 1.165) is 31.8 Å². The van der Waals surface area contributed by atoms with Crippen LogP contribution in [0.1, 0.15) is 34.7 Å². The van der Waals surface area contributed by atoms with E-state index >= 15 is 0 Å². The van der Waals surface area contributed by atoms with Crippen LogP contribution in [0, 0.1) is 0 Å². The first-order valence-corrected chi connectivity index (χ1v) is 8.70. The normalized spacial score (nSPS) is 19.8. The zero-order valence-electron chi connectivity index (χ0n) is 14.1. The highest BCUT2D eigenvalue weighted by molar-refractivity contribution is 5.96. The smallest absolute Gasteiger partial charge is 0.164 e. The van der Waals surface area contributed by atoms with Gasteiger partial charge in [0.15, 0.2) is 17.3 Å². The summed E-state index contributed by atoms with van der Waals surface area (Å²) >= 11 is 0. The Hall–Kier alpha value is -2.47. The molecule has 25 heavy (non-hydrogen) atoms. The van der Waals surface area contributed by atoms with E-state index in [0.29, 0.717) is 36.9 Å². The molecule has 0 radical (unpaired) electrons. The van der Waals surface area contributed by atoms with Gasteiger partial charge in [-0.2, -0.15) is 0 Å². The number of benzene rings is 1. The van der Waals surface area contributed by atoms with Gasteiger partial charge >= 0.3 is 0 Å². The van der Waals surface area contributed by atoms with Gasteiger partial charge in [0.2, 0.25) is 0 Å². The second-order valence-corrected chi connectivity index (χ2v) is 6.49. The summed E-state index contributed by atoms with van der Waals surface area (Å²) in [5.41, 5.74) is 1.87. The lowest BCUT2D eigenvalue weighted by atomic mass is 10.0. The maximum atomic E-state index is 12.5. The average Bonchev–Trinajstić information content (AvgIpc) is 3.15. The Morgan fingerprint density at radius 2 is 1.96 bits per heavy atom. The van der Waals surface area contributed by atoms with Crippen LogP contribution >= 0.6 is 0 Å². The van der Waals surface area contributed by atoms with Crippen LogP contribution in [0.4, 0.5) is 0 Å². The van der Waals surface area contributed by atoms with Crippen molar-refractivity contribution in [3.05, 3.63) is 48.0 Å². The van der Waals surface area contributed by atoms with E-state index in [1.807, 2.05) is 24.5 Å². The van der Waals surface area contributed by atoms with Crippen LogP contribution in [0.3, 0.4) is 0 Å². The minimum absolute atomic E-state index is 0.142. The van der Waals surface area contributed by atoms with E-state index < -0.39 is 0 Å². The van der Waals surface area contributed by atoms with Gasteiger partial charge in [0.1, 0.15) is 19.5 Å². The summed E-state index contributed by atoms with van der Waals surface area (Å²) in [6.07, 6.45) is 6.94. The van der Waals surface area contributed by atoms with Crippen LogP contribution in [0.15, 0.2) is 36.9 Å². The molecular weight excluding hydrogens is 318 g/mol. The van der Waals surface area contributed by atoms with Crippen LogP contribution in [0.5, 0.6) is 11.5 Å². The summed E-state index contributed by atoms with van der Waals surface area (Å²) < 4.78 is 11.1. The molecule has 0 saturated carbocycles. The third-order valence-electron chi connectivity index (χ3n) is 4.84. The number of carbonyl (C=O) groups is 1. The number of ketones is 1. The fourth-order valence-electron chi connectivity index (χ4n) is 3.45. The second-order valence-electron chi connectivity index (χ2n) is 6.49. The van der Waals surface area contributed by atoms with Gasteiger partial charge in [0, 0.05) is 43.4 Å². The average molecular weight is 339 g/mol. The molecule has 0 aliphatic carbocycles. The summed E-state index contributed by atoms with van der Waals surface area (Å²) in [4.78, 5) is 23.0. The summed E-state index contributed by atoms with van der Waals surface area (Å²) in [6.45, 7) is 3.83. The van der Waals surface area contributed by atoms with E-state index in [-0.39, 0.29) is 5.78 Å². The number of ether oxygens (including phenoxy) is 2. The Bertz CT molecular complexity index is 751. The van der Waals surface area contributed by atoms with E-state index in [4.69, 9.17) is 9.47 Å². The molecule has 4 rings (SSSR count). The Morgan fingerprint density at radius 1 is 1.16 bits per heavy atom. The van der Waals surface area contributed by atoms with Crippen molar-refractivity contribution in [3.8, 4) is 11.5 Å². The van der Waals surface area contributed by atoms with Crippen LogP contribution in [0.25, 0.3) is 0 Å². The molecule has 0 N–H and O–H groups in total. The van der Waals surface area contributed by atoms with Crippen molar-refractivity contribution >= 4 is 5.78 Å². The van der Waals surface area contributed by atoms with Crippen LogP contribution in [-0.4, -0.2) is 53.5 Å². The maximum absolute atomic E-state index is 12.5. The largest absolute Gasteiger partial charge is 0.486 e. The molecule has 1 fully saturated rings. The number of fused-ring (bicyclic) bond motifs is 1. The van der Waals surface area contributed by atoms with Crippen LogP contribution in [-0.2, 0) is 0 Å². The van der Waals surface area contributed by atoms with E-state index in [1.165, 1.54) is 5.56 Å². The van der Waals surface area contributed by atoms with E-state index in [9.17, 15) is 4.79 Å². The molecule has 1 atom stereocenters. The number of rotatable bonds is 5. The standard InChI is InChI=1S/C19H21N3O3/c23-17(14-1-2-18-19(9-14)25-8-7-24-18)4-6-22-5-3-15(12-22)16-10-20-13-21-11-16/h1-2,9-11,13,15H,3-8,12H2. The van der Waals surface area contributed by atoms with Crippen molar-refractivity contribution < 1.29 is 14.3 Å². The van der Waals surface area contributed by atoms with Gasteiger partial charge in [-0.25, -0.2) is 9.97 Å². The van der Waals surface area contributed by atoms with Gasteiger partial charge in [-0.05, 0) is 36.7 Å². The topological polar surface area (TPSA) is 64.6 Å². The third kappa shape index (κ3) is 3.64. The van der Waals surface area contributed by atoms with Gasteiger partial charge in [-0.3, -0.25) is 4.79 Å². The Labute approximate surface area is 146 Å². The lowest BCUT2D eigenvalue weighted by Gasteiger charge is -2.19. The molecule has 1 aromatic heterocycles. The molecule has 130 valence electrons. The number of hydrogen-bond acceptors (Lipinski definition) is 6. The molecule has 1 saturated heterocycles. The number of likely N-dealkylation sites (tertiary alicyclic amines) is 1. The predicted molar refractivity (Wildman–Crippen MR) is 92.2 cm³/mol. The second kappa shape index (κ2) is 7.19. The van der Waals surface area contributed by atoms with Gasteiger partial charge in [-0.1, -0.05) is 0 Å². The Kier molecular flexibility index (Phi) is 4.61. The summed E-state index contributed by atoms with van der Waals surface area (Å²) in [7, 11) is 0. The lowest BCUT2D eigenvalue weighted by molar-refractivity contribution is 0.0967. The quantitative estimate of drug-likeness (QED) is 0.779. The van der Waals surface area contributed by atoms with Crippen molar-refractivity contribution in [2.24, 2.45) is 0 Å². The predicted octanol–water partition coefficient (Wildman–Crippen LogP) is 2.31. The van der Waals surface area contributed by atoms with Crippen molar-refractivity contribution in [2.45, 2.75) is 18.8 Å². The van der Waals surface area contributed by atoms with Crippen LogP contribution in [0.2, 0.25) is 0 Å². The fraction of sp³-hybridized carbons (Fsp3) is 0.421. The number of hydrogen-bond donors (Lipinski definition) is 0. The zero-order chi connectivity index (χ0) is 17.1. The van der Waals surface area contributed by atoms with Gasteiger partial charge in [0.05, 0.1) is 0 Å². The van der Waals surface area contributed by atoms with Crippen molar-refractivity contribution in [2.75, 3.05) is 32.8 Å². The molecule has 6 nitrogen and oxygen atoms in total. The minimum atomic E-state index is 0.142. The van der Waals surface area contributed by atoms with Crippen molar-refractivity contribution in [1.29, 1.82) is 0 Å². The molecule has 0 spiro atoms. The monoisotopic (exact) mass is 339 g/mol. The Morgan fingerprint density at radius 3 is 2.80 bits per heavy atom. The van der Waals surface area contributed by atoms with Crippen molar-refractivity contribution in [3.63, 3.8) is 0 Å². The highest BCUT2D eigenvalue weighted by Gasteiger charge is 2.24.